The molecule has 0 amide bonds. The molecule has 6 heteroatoms. The summed E-state index contributed by atoms with van der Waals surface area (Å²) in [5, 5.41) is 8.76. The standard InChI is InChI=1S/C23H22O6/c1-3-6-16-10-11-20(29-22(27)13-12-21(25)26)19(14-16)18-9-5-8-17(7-4-2)23(18)28-15-24/h3-5,8-11,14-15H,1-2,6-7,12-13H2,(H,25,26). The number of allylic oxidation sites excluding steroid dienone is 2. The van der Waals surface area contributed by atoms with Gasteiger partial charge in [-0.2, -0.15) is 0 Å². The molecular formula is C23H22O6. The van der Waals surface area contributed by atoms with Gasteiger partial charge in [0.15, 0.2) is 0 Å². The van der Waals surface area contributed by atoms with Gasteiger partial charge in [0.05, 0.1) is 12.8 Å². The van der Waals surface area contributed by atoms with Crippen molar-refractivity contribution < 1.29 is 29.0 Å². The van der Waals surface area contributed by atoms with E-state index >= 15 is 0 Å². The first-order valence-corrected chi connectivity index (χ1v) is 8.99. The molecule has 0 spiro atoms. The minimum Gasteiger partial charge on any atom is -0.481 e. The van der Waals surface area contributed by atoms with Gasteiger partial charge >= 0.3 is 11.9 Å². The summed E-state index contributed by atoms with van der Waals surface area (Å²) in [6.07, 6.45) is 3.94. The lowest BCUT2D eigenvalue weighted by Crippen LogP contribution is -2.11. The molecule has 2 aromatic carbocycles. The zero-order valence-electron chi connectivity index (χ0n) is 15.9. The molecule has 0 fully saturated rings. The van der Waals surface area contributed by atoms with Crippen LogP contribution in [0.15, 0.2) is 61.7 Å². The van der Waals surface area contributed by atoms with Crippen LogP contribution in [0.5, 0.6) is 11.5 Å². The lowest BCUT2D eigenvalue weighted by molar-refractivity contribution is -0.142. The number of carboxylic acid groups (broad SMARTS) is 1. The molecule has 0 heterocycles. The minimum atomic E-state index is -1.08. The van der Waals surface area contributed by atoms with Crippen LogP contribution in [0.4, 0.5) is 0 Å². The molecule has 2 aromatic rings. The number of benzene rings is 2. The molecule has 2 rings (SSSR count). The van der Waals surface area contributed by atoms with Crippen molar-refractivity contribution in [2.45, 2.75) is 25.7 Å². The fourth-order valence-corrected chi connectivity index (χ4v) is 2.85. The number of carbonyl (C=O) groups is 3. The van der Waals surface area contributed by atoms with Crippen LogP contribution in [-0.4, -0.2) is 23.5 Å². The van der Waals surface area contributed by atoms with Gasteiger partial charge in [0.25, 0.3) is 6.47 Å². The molecule has 0 saturated heterocycles. The van der Waals surface area contributed by atoms with Gasteiger partial charge < -0.3 is 14.6 Å². The Kier molecular flexibility index (Phi) is 7.91. The summed E-state index contributed by atoms with van der Waals surface area (Å²) in [7, 11) is 0. The number of aliphatic carboxylic acids is 1. The van der Waals surface area contributed by atoms with Crippen molar-refractivity contribution in [3.63, 3.8) is 0 Å². The molecule has 0 aliphatic carbocycles. The molecule has 6 nitrogen and oxygen atoms in total. The Labute approximate surface area is 169 Å². The number of hydrogen-bond acceptors (Lipinski definition) is 5. The van der Waals surface area contributed by atoms with Crippen molar-refractivity contribution in [2.24, 2.45) is 0 Å². The number of para-hydroxylation sites is 1. The SMILES string of the molecule is C=CCc1ccc(OC(=O)CCC(=O)O)c(-c2cccc(CC=C)c2OC=O)c1. The Morgan fingerprint density at radius 1 is 1.00 bits per heavy atom. The van der Waals surface area contributed by atoms with Gasteiger partial charge in [0.2, 0.25) is 0 Å². The van der Waals surface area contributed by atoms with Crippen LogP contribution in [0.1, 0.15) is 24.0 Å². The van der Waals surface area contributed by atoms with Crippen LogP contribution in [0.3, 0.4) is 0 Å². The smallest absolute Gasteiger partial charge is 0.311 e. The number of ether oxygens (including phenoxy) is 2. The van der Waals surface area contributed by atoms with Crippen LogP contribution in [0, 0.1) is 0 Å². The van der Waals surface area contributed by atoms with Gasteiger partial charge in [-0.25, -0.2) is 0 Å². The van der Waals surface area contributed by atoms with Crippen molar-refractivity contribution in [1.82, 2.24) is 0 Å². The second kappa shape index (κ2) is 10.6. The van der Waals surface area contributed by atoms with E-state index in [1.54, 1.807) is 30.4 Å². The van der Waals surface area contributed by atoms with E-state index in [9.17, 15) is 14.4 Å². The predicted molar refractivity (Wildman–Crippen MR) is 109 cm³/mol. The molecule has 29 heavy (non-hydrogen) atoms. The second-order valence-corrected chi connectivity index (χ2v) is 6.19. The van der Waals surface area contributed by atoms with Gasteiger partial charge in [-0.05, 0) is 36.1 Å². The van der Waals surface area contributed by atoms with Crippen LogP contribution in [0.2, 0.25) is 0 Å². The number of carboxylic acids is 1. The normalized spacial score (nSPS) is 10.1. The highest BCUT2D eigenvalue weighted by Gasteiger charge is 2.18. The van der Waals surface area contributed by atoms with Crippen molar-refractivity contribution in [3.8, 4) is 22.6 Å². The van der Waals surface area contributed by atoms with E-state index in [-0.39, 0.29) is 18.6 Å². The molecule has 150 valence electrons. The quantitative estimate of drug-likeness (QED) is 0.267. The average molecular weight is 394 g/mol. The van der Waals surface area contributed by atoms with E-state index in [1.807, 2.05) is 18.2 Å². The second-order valence-electron chi connectivity index (χ2n) is 6.19. The van der Waals surface area contributed by atoms with Crippen LogP contribution in [-0.2, 0) is 27.2 Å². The first kappa shape index (κ1) is 21.6. The first-order valence-electron chi connectivity index (χ1n) is 8.99. The largest absolute Gasteiger partial charge is 0.481 e. The zero-order valence-corrected chi connectivity index (χ0v) is 15.9. The molecule has 0 unspecified atom stereocenters. The van der Waals surface area contributed by atoms with Gasteiger partial charge in [0, 0.05) is 11.1 Å². The third-order valence-electron chi connectivity index (χ3n) is 4.11. The Hall–Kier alpha value is -3.67. The Balaban J connectivity index is 2.55. The van der Waals surface area contributed by atoms with Crippen LogP contribution >= 0.6 is 0 Å². The van der Waals surface area contributed by atoms with Crippen LogP contribution < -0.4 is 9.47 Å². The molecule has 0 aromatic heterocycles. The summed E-state index contributed by atoms with van der Waals surface area (Å²) in [6.45, 7) is 7.79. The summed E-state index contributed by atoms with van der Waals surface area (Å²) in [5.41, 5.74) is 2.80. The van der Waals surface area contributed by atoms with Gasteiger partial charge in [0.1, 0.15) is 11.5 Å². The molecule has 0 aliphatic rings. The van der Waals surface area contributed by atoms with Crippen molar-refractivity contribution in [3.05, 3.63) is 72.8 Å². The maximum Gasteiger partial charge on any atom is 0.311 e. The molecule has 1 N–H and O–H groups in total. The van der Waals surface area contributed by atoms with E-state index < -0.39 is 11.9 Å². The summed E-state index contributed by atoms with van der Waals surface area (Å²) < 4.78 is 10.7. The molecule has 0 saturated carbocycles. The highest BCUT2D eigenvalue weighted by molar-refractivity contribution is 5.83. The van der Waals surface area contributed by atoms with E-state index in [0.29, 0.717) is 36.2 Å². The minimum absolute atomic E-state index is 0.250. The fourth-order valence-electron chi connectivity index (χ4n) is 2.85. The number of esters is 1. The molecule has 0 aliphatic heterocycles. The van der Waals surface area contributed by atoms with E-state index in [0.717, 1.165) is 11.1 Å². The topological polar surface area (TPSA) is 89.9 Å². The van der Waals surface area contributed by atoms with E-state index in [2.05, 4.69) is 13.2 Å². The van der Waals surface area contributed by atoms with E-state index in [4.69, 9.17) is 14.6 Å². The molecule has 0 bridgehead atoms. The summed E-state index contributed by atoms with van der Waals surface area (Å²) >= 11 is 0. The number of carbonyl (C=O) groups excluding carboxylic acids is 2. The highest BCUT2D eigenvalue weighted by Crippen LogP contribution is 2.39. The van der Waals surface area contributed by atoms with E-state index in [1.165, 1.54) is 0 Å². The van der Waals surface area contributed by atoms with Crippen molar-refractivity contribution >= 4 is 18.4 Å². The van der Waals surface area contributed by atoms with Gasteiger partial charge in [-0.1, -0.05) is 36.4 Å². The van der Waals surface area contributed by atoms with Crippen molar-refractivity contribution in [2.75, 3.05) is 0 Å². The van der Waals surface area contributed by atoms with Gasteiger partial charge in [-0.15, -0.1) is 13.2 Å². The monoisotopic (exact) mass is 394 g/mol. The first-order chi connectivity index (χ1) is 14.0. The molecule has 0 atom stereocenters. The predicted octanol–water partition coefficient (Wildman–Crippen LogP) is 4.12. The third-order valence-corrected chi connectivity index (χ3v) is 4.11. The third kappa shape index (κ3) is 5.90. The highest BCUT2D eigenvalue weighted by atomic mass is 16.5. The summed E-state index contributed by atoms with van der Waals surface area (Å²) in [5.74, 6) is -1.15. The zero-order chi connectivity index (χ0) is 21.2. The molecular weight excluding hydrogens is 372 g/mol. The Morgan fingerprint density at radius 3 is 2.41 bits per heavy atom. The average Bonchev–Trinajstić information content (AvgIpc) is 2.69. The summed E-state index contributed by atoms with van der Waals surface area (Å²) in [6, 6.07) is 10.6. The van der Waals surface area contributed by atoms with Gasteiger partial charge in [-0.3, -0.25) is 14.4 Å². The van der Waals surface area contributed by atoms with Crippen LogP contribution in [0.25, 0.3) is 11.1 Å². The summed E-state index contributed by atoms with van der Waals surface area (Å²) in [4.78, 5) is 33.9. The lowest BCUT2D eigenvalue weighted by atomic mass is 9.96. The number of rotatable bonds is 11. The number of hydrogen-bond donors (Lipinski definition) is 1. The maximum absolute atomic E-state index is 12.1. The Morgan fingerprint density at radius 2 is 1.76 bits per heavy atom. The maximum atomic E-state index is 12.1. The van der Waals surface area contributed by atoms with Crippen molar-refractivity contribution in [1.29, 1.82) is 0 Å². The Bertz CT molecular complexity index is 929. The fraction of sp³-hybridized carbons (Fsp3) is 0.174. The molecule has 0 radical (unpaired) electrons. The lowest BCUT2D eigenvalue weighted by Gasteiger charge is -2.16.